The van der Waals surface area contributed by atoms with E-state index < -0.39 is 11.8 Å². The van der Waals surface area contributed by atoms with E-state index in [4.69, 9.17) is 4.52 Å². The number of imide groups is 1. The summed E-state index contributed by atoms with van der Waals surface area (Å²) >= 11 is 0. The van der Waals surface area contributed by atoms with Crippen LogP contribution in [0.4, 0.5) is 0 Å². The van der Waals surface area contributed by atoms with Gasteiger partial charge in [0.05, 0.1) is 11.1 Å². The molecule has 2 aromatic rings. The fourth-order valence-electron chi connectivity index (χ4n) is 3.38. The second-order valence-electron chi connectivity index (χ2n) is 6.17. The first-order chi connectivity index (χ1) is 12.1. The number of hydrogen-bond acceptors (Lipinski definition) is 6. The molecule has 0 N–H and O–H groups in total. The van der Waals surface area contributed by atoms with Gasteiger partial charge in [-0.3, -0.25) is 19.3 Å². The molecule has 8 nitrogen and oxygen atoms in total. The van der Waals surface area contributed by atoms with Crippen molar-refractivity contribution >= 4 is 17.7 Å². The molecule has 1 aromatic carbocycles. The highest BCUT2D eigenvalue weighted by Crippen LogP contribution is 2.31. The van der Waals surface area contributed by atoms with Gasteiger partial charge in [0.1, 0.15) is 12.6 Å². The van der Waals surface area contributed by atoms with Crippen molar-refractivity contribution < 1.29 is 18.9 Å². The first kappa shape index (κ1) is 15.5. The van der Waals surface area contributed by atoms with Gasteiger partial charge in [0, 0.05) is 6.54 Å². The van der Waals surface area contributed by atoms with Gasteiger partial charge in [0.25, 0.3) is 11.8 Å². The highest BCUT2D eigenvalue weighted by atomic mass is 16.5. The van der Waals surface area contributed by atoms with Crippen molar-refractivity contribution in [3.05, 3.63) is 47.1 Å². The summed E-state index contributed by atoms with van der Waals surface area (Å²) in [5.41, 5.74) is 0.677. The Morgan fingerprint density at radius 1 is 1.24 bits per heavy atom. The Kier molecular flexibility index (Phi) is 3.60. The second-order valence-corrected chi connectivity index (χ2v) is 6.17. The van der Waals surface area contributed by atoms with Gasteiger partial charge in [-0.25, -0.2) is 0 Å². The van der Waals surface area contributed by atoms with E-state index in [1.807, 2.05) is 0 Å². The lowest BCUT2D eigenvalue weighted by Crippen LogP contribution is -2.42. The number of carbonyl (C=O) groups excluding carboxylic acids is 3. The molecule has 1 unspecified atom stereocenters. The van der Waals surface area contributed by atoms with Gasteiger partial charge in [-0.1, -0.05) is 17.3 Å². The quantitative estimate of drug-likeness (QED) is 0.782. The third kappa shape index (κ3) is 2.50. The Morgan fingerprint density at radius 2 is 1.92 bits per heavy atom. The Hall–Kier alpha value is -3.03. The lowest BCUT2D eigenvalue weighted by atomic mass is 10.1. The average Bonchev–Trinajstić information content (AvgIpc) is 3.31. The number of aryl methyl sites for hydroxylation is 1. The highest BCUT2D eigenvalue weighted by Gasteiger charge is 2.40. The van der Waals surface area contributed by atoms with Crippen molar-refractivity contribution in [3.8, 4) is 0 Å². The van der Waals surface area contributed by atoms with Crippen LogP contribution in [0.1, 0.15) is 51.3 Å². The standard InChI is InChI=1S/C17H16N4O4/c1-10-18-15(25-19-10)13-7-4-8-20(13)14(22)9-21-16(23)11-5-2-3-6-12(11)17(21)24/h2-3,5-6,13H,4,7-9H2,1H3. The zero-order chi connectivity index (χ0) is 17.6. The van der Waals surface area contributed by atoms with Crippen LogP contribution in [0.25, 0.3) is 0 Å². The van der Waals surface area contributed by atoms with Gasteiger partial charge in [-0.2, -0.15) is 4.98 Å². The van der Waals surface area contributed by atoms with Crippen LogP contribution in [0.5, 0.6) is 0 Å². The van der Waals surface area contributed by atoms with Crippen LogP contribution in [0.3, 0.4) is 0 Å². The first-order valence-electron chi connectivity index (χ1n) is 8.11. The van der Waals surface area contributed by atoms with Crippen LogP contribution >= 0.6 is 0 Å². The van der Waals surface area contributed by atoms with Crippen molar-refractivity contribution in [2.45, 2.75) is 25.8 Å². The number of rotatable bonds is 3. The van der Waals surface area contributed by atoms with Gasteiger partial charge in [0.15, 0.2) is 5.82 Å². The van der Waals surface area contributed by atoms with Crippen LogP contribution in [-0.4, -0.2) is 50.8 Å². The summed E-state index contributed by atoms with van der Waals surface area (Å²) in [6, 6.07) is 6.29. The smallest absolute Gasteiger partial charge is 0.262 e. The molecule has 0 spiro atoms. The summed E-state index contributed by atoms with van der Waals surface area (Å²) in [7, 11) is 0. The van der Waals surface area contributed by atoms with Crippen LogP contribution < -0.4 is 0 Å². The normalized spacial score (nSPS) is 19.6. The van der Waals surface area contributed by atoms with E-state index in [2.05, 4.69) is 10.1 Å². The summed E-state index contributed by atoms with van der Waals surface area (Å²) in [5.74, 6) is -0.259. The van der Waals surface area contributed by atoms with Crippen LogP contribution in [-0.2, 0) is 4.79 Å². The number of amides is 3. The van der Waals surface area contributed by atoms with Crippen molar-refractivity contribution in [3.63, 3.8) is 0 Å². The number of aromatic nitrogens is 2. The van der Waals surface area contributed by atoms with E-state index in [-0.39, 0.29) is 18.5 Å². The molecule has 1 atom stereocenters. The van der Waals surface area contributed by atoms with Crippen LogP contribution in [0, 0.1) is 6.92 Å². The number of benzene rings is 1. The lowest BCUT2D eigenvalue weighted by Gasteiger charge is -2.24. The molecule has 2 aliphatic heterocycles. The van der Waals surface area contributed by atoms with Crippen molar-refractivity contribution in [2.75, 3.05) is 13.1 Å². The van der Waals surface area contributed by atoms with Gasteiger partial charge in [-0.15, -0.1) is 0 Å². The molecule has 4 rings (SSSR count). The zero-order valence-electron chi connectivity index (χ0n) is 13.6. The third-order valence-corrected chi connectivity index (χ3v) is 4.57. The maximum atomic E-state index is 12.7. The fourth-order valence-corrected chi connectivity index (χ4v) is 3.38. The highest BCUT2D eigenvalue weighted by molar-refractivity contribution is 6.22. The zero-order valence-corrected chi connectivity index (χ0v) is 13.6. The second kappa shape index (κ2) is 5.80. The minimum Gasteiger partial charge on any atom is -0.337 e. The molecule has 25 heavy (non-hydrogen) atoms. The maximum absolute atomic E-state index is 12.7. The lowest BCUT2D eigenvalue weighted by molar-refractivity contribution is -0.132. The van der Waals surface area contributed by atoms with Gasteiger partial charge in [0.2, 0.25) is 11.8 Å². The number of nitrogens with zero attached hydrogens (tertiary/aromatic N) is 4. The van der Waals surface area contributed by atoms with E-state index >= 15 is 0 Å². The van der Waals surface area contributed by atoms with Gasteiger partial charge in [-0.05, 0) is 31.9 Å². The number of hydrogen-bond donors (Lipinski definition) is 0. The monoisotopic (exact) mass is 340 g/mol. The molecule has 1 aromatic heterocycles. The molecule has 1 saturated heterocycles. The molecule has 1 fully saturated rings. The Morgan fingerprint density at radius 3 is 2.52 bits per heavy atom. The topological polar surface area (TPSA) is 96.6 Å². The summed E-state index contributed by atoms with van der Waals surface area (Å²) in [6.45, 7) is 1.97. The molecule has 128 valence electrons. The predicted molar refractivity (Wildman–Crippen MR) is 84.5 cm³/mol. The minimum atomic E-state index is -0.432. The van der Waals surface area contributed by atoms with Crippen LogP contribution in [0.2, 0.25) is 0 Å². The Bertz CT molecular complexity index is 840. The van der Waals surface area contributed by atoms with Gasteiger partial charge < -0.3 is 9.42 Å². The van der Waals surface area contributed by atoms with E-state index in [0.717, 1.165) is 17.7 Å². The third-order valence-electron chi connectivity index (χ3n) is 4.57. The largest absolute Gasteiger partial charge is 0.337 e. The minimum absolute atomic E-state index is 0.282. The maximum Gasteiger partial charge on any atom is 0.262 e. The van der Waals surface area contributed by atoms with E-state index in [0.29, 0.717) is 29.4 Å². The molecule has 3 heterocycles. The molecule has 0 radical (unpaired) electrons. The van der Waals surface area contributed by atoms with Crippen molar-refractivity contribution in [2.24, 2.45) is 0 Å². The Balaban J connectivity index is 1.53. The predicted octanol–water partition coefficient (Wildman–Crippen LogP) is 1.34. The average molecular weight is 340 g/mol. The van der Waals surface area contributed by atoms with Gasteiger partial charge >= 0.3 is 0 Å². The summed E-state index contributed by atoms with van der Waals surface area (Å²) in [5, 5.41) is 3.77. The Labute approximate surface area is 143 Å². The molecule has 8 heteroatoms. The molecular formula is C17H16N4O4. The van der Waals surface area contributed by atoms with E-state index in [1.165, 1.54) is 0 Å². The summed E-state index contributed by atoms with van der Waals surface area (Å²) < 4.78 is 5.19. The molecule has 3 amide bonds. The van der Waals surface area contributed by atoms with E-state index in [1.54, 1.807) is 36.1 Å². The molecular weight excluding hydrogens is 324 g/mol. The SMILES string of the molecule is Cc1noc(C2CCCN2C(=O)CN2C(=O)c3ccccc3C2=O)n1. The molecule has 0 aliphatic carbocycles. The molecule has 0 saturated carbocycles. The number of fused-ring (bicyclic) bond motifs is 1. The molecule has 2 aliphatic rings. The fraction of sp³-hybridized carbons (Fsp3) is 0.353. The van der Waals surface area contributed by atoms with E-state index in [9.17, 15) is 14.4 Å². The van der Waals surface area contributed by atoms with Crippen molar-refractivity contribution in [1.29, 1.82) is 0 Å². The summed E-state index contributed by atoms with van der Waals surface area (Å²) in [4.78, 5) is 44.3. The van der Waals surface area contributed by atoms with Crippen molar-refractivity contribution in [1.82, 2.24) is 19.9 Å². The first-order valence-corrected chi connectivity index (χ1v) is 8.11. The number of likely N-dealkylation sites (tertiary alicyclic amines) is 1. The number of carbonyl (C=O) groups is 3. The molecule has 0 bridgehead atoms. The summed E-state index contributed by atoms with van der Waals surface area (Å²) in [6.07, 6.45) is 1.52. The van der Waals surface area contributed by atoms with Crippen LogP contribution in [0.15, 0.2) is 28.8 Å².